The van der Waals surface area contributed by atoms with Crippen LogP contribution in [0.4, 0.5) is 5.82 Å². The number of benzene rings is 1. The van der Waals surface area contributed by atoms with Crippen molar-refractivity contribution < 1.29 is 20.1 Å². The average molecular weight is 432 g/mol. The van der Waals surface area contributed by atoms with Crippen LogP contribution >= 0.6 is 11.6 Å². The van der Waals surface area contributed by atoms with E-state index in [-0.39, 0.29) is 5.41 Å². The number of halogens is 1. The van der Waals surface area contributed by atoms with Gasteiger partial charge in [-0.3, -0.25) is 4.57 Å². The molecule has 2 aliphatic rings. The van der Waals surface area contributed by atoms with Crippen LogP contribution in [-0.2, 0) is 10.2 Å². The molecule has 30 heavy (non-hydrogen) atoms. The summed E-state index contributed by atoms with van der Waals surface area (Å²) < 4.78 is 7.15. The van der Waals surface area contributed by atoms with Crippen LogP contribution in [0.5, 0.6) is 0 Å². The van der Waals surface area contributed by atoms with Gasteiger partial charge in [0.2, 0.25) is 0 Å². The van der Waals surface area contributed by atoms with E-state index in [2.05, 4.69) is 32.4 Å². The van der Waals surface area contributed by atoms with Crippen molar-refractivity contribution in [3.63, 3.8) is 0 Å². The predicted octanol–water partition coefficient (Wildman–Crippen LogP) is 1.23. The second-order valence-corrected chi connectivity index (χ2v) is 8.35. The van der Waals surface area contributed by atoms with Gasteiger partial charge in [-0.2, -0.15) is 0 Å². The van der Waals surface area contributed by atoms with E-state index >= 15 is 0 Å². The van der Waals surface area contributed by atoms with Crippen molar-refractivity contribution in [2.45, 2.75) is 42.8 Å². The highest BCUT2D eigenvalue weighted by Gasteiger charge is 2.45. The Hall–Kier alpha value is -2.30. The van der Waals surface area contributed by atoms with Gasteiger partial charge in [-0.25, -0.2) is 15.0 Å². The van der Waals surface area contributed by atoms with Crippen LogP contribution in [0.15, 0.2) is 36.9 Å². The lowest BCUT2D eigenvalue weighted by molar-refractivity contribution is -0.0511. The Kier molecular flexibility index (Phi) is 4.87. The molecule has 0 radical (unpaired) electrons. The molecule has 1 saturated carbocycles. The van der Waals surface area contributed by atoms with Crippen molar-refractivity contribution in [3.05, 3.63) is 47.5 Å². The van der Waals surface area contributed by atoms with Crippen LogP contribution in [0.25, 0.3) is 11.2 Å². The number of aliphatic hydroxyl groups excluding tert-OH is 3. The summed E-state index contributed by atoms with van der Waals surface area (Å²) in [7, 11) is 0. The fourth-order valence-electron chi connectivity index (χ4n) is 4.05. The van der Waals surface area contributed by atoms with Crippen LogP contribution < -0.4 is 5.32 Å². The number of ether oxygens (including phenoxy) is 1. The molecule has 0 amide bonds. The lowest BCUT2D eigenvalue weighted by Gasteiger charge is -2.18. The topological polar surface area (TPSA) is 126 Å². The molecule has 0 spiro atoms. The molecule has 10 heteroatoms. The molecule has 5 rings (SSSR count). The second-order valence-electron chi connectivity index (χ2n) is 7.92. The Bertz CT molecular complexity index is 1060. The Morgan fingerprint density at radius 2 is 1.90 bits per heavy atom. The SMILES string of the molecule is OC[C@H]1O[C@@H](n2cnc3c(NCC4(c5ccc(Cl)cc5)CC4)ncnc32)[C@H](O)[C@@H]1O. The van der Waals surface area contributed by atoms with E-state index in [4.69, 9.17) is 16.3 Å². The lowest BCUT2D eigenvalue weighted by Crippen LogP contribution is -2.33. The van der Waals surface area contributed by atoms with E-state index < -0.39 is 31.1 Å². The van der Waals surface area contributed by atoms with E-state index in [1.165, 1.54) is 18.2 Å². The van der Waals surface area contributed by atoms with Gasteiger partial charge in [-0.1, -0.05) is 23.7 Å². The lowest BCUT2D eigenvalue weighted by atomic mass is 9.96. The maximum Gasteiger partial charge on any atom is 0.167 e. The van der Waals surface area contributed by atoms with Gasteiger partial charge < -0.3 is 25.4 Å². The van der Waals surface area contributed by atoms with Crippen LogP contribution in [0.2, 0.25) is 5.02 Å². The highest BCUT2D eigenvalue weighted by Crippen LogP contribution is 2.48. The number of anilines is 1. The first kappa shape index (κ1) is 19.7. The van der Waals surface area contributed by atoms with Crippen molar-refractivity contribution in [1.29, 1.82) is 0 Å². The summed E-state index contributed by atoms with van der Waals surface area (Å²) in [5.41, 5.74) is 2.30. The van der Waals surface area contributed by atoms with Gasteiger partial charge in [0.05, 0.1) is 12.9 Å². The predicted molar refractivity (Wildman–Crippen MR) is 109 cm³/mol. The molecule has 3 aromatic rings. The quantitative estimate of drug-likeness (QED) is 0.459. The number of hydrogen-bond donors (Lipinski definition) is 4. The van der Waals surface area contributed by atoms with E-state index in [9.17, 15) is 15.3 Å². The summed E-state index contributed by atoms with van der Waals surface area (Å²) in [6.45, 7) is 0.303. The minimum absolute atomic E-state index is 0.0492. The van der Waals surface area contributed by atoms with Crippen LogP contribution in [0.3, 0.4) is 0 Å². The summed E-state index contributed by atoms with van der Waals surface area (Å²) in [6.07, 6.45) is 0.920. The summed E-state index contributed by atoms with van der Waals surface area (Å²) in [5, 5.41) is 33.8. The summed E-state index contributed by atoms with van der Waals surface area (Å²) >= 11 is 6.01. The maximum atomic E-state index is 10.3. The highest BCUT2D eigenvalue weighted by molar-refractivity contribution is 6.30. The Labute approximate surface area is 177 Å². The average Bonchev–Trinajstić information content (AvgIpc) is 3.34. The number of hydrogen-bond acceptors (Lipinski definition) is 8. The third-order valence-corrected chi connectivity index (χ3v) is 6.31. The molecule has 158 valence electrons. The third kappa shape index (κ3) is 3.23. The monoisotopic (exact) mass is 431 g/mol. The number of aliphatic hydroxyl groups is 3. The molecule has 1 aliphatic carbocycles. The van der Waals surface area contributed by atoms with Crippen LogP contribution in [0, 0.1) is 0 Å². The summed E-state index contributed by atoms with van der Waals surface area (Å²) in [5.74, 6) is 0.589. The molecule has 4 atom stereocenters. The van der Waals surface area contributed by atoms with Gasteiger partial charge in [0.1, 0.15) is 24.6 Å². The van der Waals surface area contributed by atoms with Gasteiger partial charge in [0, 0.05) is 17.0 Å². The number of rotatable bonds is 6. The first-order chi connectivity index (χ1) is 14.5. The minimum Gasteiger partial charge on any atom is -0.394 e. The summed E-state index contributed by atoms with van der Waals surface area (Å²) in [4.78, 5) is 13.0. The first-order valence-corrected chi connectivity index (χ1v) is 10.2. The molecular formula is C20H22ClN5O4. The zero-order valence-corrected chi connectivity index (χ0v) is 16.8. The molecule has 3 heterocycles. The first-order valence-electron chi connectivity index (χ1n) is 9.82. The van der Waals surface area contributed by atoms with Crippen molar-refractivity contribution in [2.75, 3.05) is 18.5 Å². The number of nitrogens with zero attached hydrogens (tertiary/aromatic N) is 4. The molecular weight excluding hydrogens is 410 g/mol. The van der Waals surface area contributed by atoms with Gasteiger partial charge in [-0.05, 0) is 30.5 Å². The fourth-order valence-corrected chi connectivity index (χ4v) is 4.18. The number of nitrogens with one attached hydrogen (secondary N) is 1. The molecule has 1 aromatic carbocycles. The smallest absolute Gasteiger partial charge is 0.167 e. The van der Waals surface area contributed by atoms with Gasteiger partial charge in [-0.15, -0.1) is 0 Å². The van der Waals surface area contributed by atoms with Crippen molar-refractivity contribution >= 4 is 28.6 Å². The van der Waals surface area contributed by atoms with Gasteiger partial charge in [0.25, 0.3) is 0 Å². The van der Waals surface area contributed by atoms with E-state index in [1.807, 2.05) is 12.1 Å². The van der Waals surface area contributed by atoms with Crippen LogP contribution in [0.1, 0.15) is 24.6 Å². The Morgan fingerprint density at radius 1 is 1.13 bits per heavy atom. The molecule has 1 aliphatic heterocycles. The number of aromatic nitrogens is 4. The second kappa shape index (κ2) is 7.44. The number of fused-ring (bicyclic) bond motifs is 1. The van der Waals surface area contributed by atoms with E-state index in [0.717, 1.165) is 17.9 Å². The molecule has 2 fully saturated rings. The fraction of sp³-hybridized carbons (Fsp3) is 0.450. The molecule has 2 aromatic heterocycles. The molecule has 4 N–H and O–H groups in total. The highest BCUT2D eigenvalue weighted by atomic mass is 35.5. The van der Waals surface area contributed by atoms with Crippen molar-refractivity contribution in [1.82, 2.24) is 19.5 Å². The third-order valence-electron chi connectivity index (χ3n) is 6.05. The van der Waals surface area contributed by atoms with Gasteiger partial charge >= 0.3 is 0 Å². The summed E-state index contributed by atoms with van der Waals surface area (Å²) in [6, 6.07) is 7.93. The molecule has 1 saturated heterocycles. The molecule has 0 unspecified atom stereocenters. The van der Waals surface area contributed by atoms with Crippen molar-refractivity contribution in [3.8, 4) is 0 Å². The zero-order valence-electron chi connectivity index (χ0n) is 16.0. The van der Waals surface area contributed by atoms with Gasteiger partial charge in [0.15, 0.2) is 23.2 Å². The standard InChI is InChI=1S/C20H22ClN5O4/c21-12-3-1-11(2-4-12)20(5-6-20)8-22-17-14-18(24-9-23-17)26(10-25-14)19-16(29)15(28)13(7-27)30-19/h1-4,9-10,13,15-16,19,27-29H,5-8H2,(H,22,23,24)/t13-,15-,16-,19-/m1/s1. The minimum atomic E-state index is -1.20. The van der Waals surface area contributed by atoms with Crippen molar-refractivity contribution in [2.24, 2.45) is 0 Å². The van der Waals surface area contributed by atoms with E-state index in [0.29, 0.717) is 23.5 Å². The maximum absolute atomic E-state index is 10.3. The number of imidazole rings is 1. The van der Waals surface area contributed by atoms with Crippen LogP contribution in [-0.4, -0.2) is 66.3 Å². The normalized spacial score (nSPS) is 27.5. The Balaban J connectivity index is 1.39. The zero-order chi connectivity index (χ0) is 20.9. The van der Waals surface area contributed by atoms with E-state index in [1.54, 1.807) is 4.57 Å². The molecule has 9 nitrogen and oxygen atoms in total. The largest absolute Gasteiger partial charge is 0.394 e. The molecule has 0 bridgehead atoms. The Morgan fingerprint density at radius 3 is 2.57 bits per heavy atom.